The molecule has 0 aliphatic rings. The third-order valence-electron chi connectivity index (χ3n) is 1.90. The van der Waals surface area contributed by atoms with Crippen molar-refractivity contribution in [3.05, 3.63) is 29.1 Å². The van der Waals surface area contributed by atoms with E-state index >= 15 is 0 Å². The third kappa shape index (κ3) is 2.44. The number of hydrogen-bond donors (Lipinski definition) is 1. The Morgan fingerprint density at radius 2 is 2.33 bits per heavy atom. The number of carbonyl (C=O) groups excluding carboxylic acids is 1. The molecule has 5 heteroatoms. The van der Waals surface area contributed by atoms with Crippen molar-refractivity contribution in [1.82, 2.24) is 0 Å². The minimum absolute atomic E-state index is 0.0589. The van der Waals surface area contributed by atoms with Gasteiger partial charge >= 0.3 is 5.97 Å². The number of ether oxygens (including phenoxy) is 1. The van der Waals surface area contributed by atoms with Crippen molar-refractivity contribution in [3.63, 3.8) is 0 Å². The largest absolute Gasteiger partial charge is 0.469 e. The van der Waals surface area contributed by atoms with Crippen molar-refractivity contribution in [2.45, 2.75) is 6.42 Å². The zero-order valence-corrected chi connectivity index (χ0v) is 8.08. The second kappa shape index (κ2) is 4.42. The lowest BCUT2D eigenvalue weighted by atomic mass is 10.1. The molecule has 0 aromatic heterocycles. The van der Waals surface area contributed by atoms with E-state index in [1.54, 1.807) is 0 Å². The molecule has 1 rings (SSSR count). The number of halogens is 1. The molecule has 0 saturated carbocycles. The van der Waals surface area contributed by atoms with E-state index < -0.39 is 11.8 Å². The SMILES string of the molecule is COC(=O)Cc1cc(C#N)c(N)cc1F. The standard InChI is InChI=1S/C10H9FN2O2/c1-15-10(14)3-6-2-7(5-12)9(13)4-8(6)11/h2,4H,3,13H2,1H3. The number of nitriles is 1. The van der Waals surface area contributed by atoms with Gasteiger partial charge in [-0.25, -0.2) is 4.39 Å². The van der Waals surface area contributed by atoms with Gasteiger partial charge in [0.05, 0.1) is 24.8 Å². The zero-order chi connectivity index (χ0) is 11.4. The predicted octanol–water partition coefficient (Wildman–Crippen LogP) is 0.995. The van der Waals surface area contributed by atoms with Gasteiger partial charge in [-0.3, -0.25) is 4.79 Å². The lowest BCUT2D eigenvalue weighted by molar-refractivity contribution is -0.139. The number of carbonyl (C=O) groups is 1. The fourth-order valence-corrected chi connectivity index (χ4v) is 1.09. The van der Waals surface area contributed by atoms with E-state index in [1.807, 2.05) is 6.07 Å². The van der Waals surface area contributed by atoms with Crippen LogP contribution in [-0.4, -0.2) is 13.1 Å². The van der Waals surface area contributed by atoms with Gasteiger partial charge in [-0.1, -0.05) is 0 Å². The first-order valence-corrected chi connectivity index (χ1v) is 4.13. The Morgan fingerprint density at radius 3 is 2.87 bits per heavy atom. The van der Waals surface area contributed by atoms with Crippen LogP contribution in [0.5, 0.6) is 0 Å². The lowest BCUT2D eigenvalue weighted by Gasteiger charge is -2.04. The summed E-state index contributed by atoms with van der Waals surface area (Å²) >= 11 is 0. The molecule has 15 heavy (non-hydrogen) atoms. The molecule has 0 amide bonds. The van der Waals surface area contributed by atoms with E-state index in [0.29, 0.717) is 0 Å². The topological polar surface area (TPSA) is 76.1 Å². The Kier molecular flexibility index (Phi) is 3.24. The molecule has 78 valence electrons. The molecule has 0 atom stereocenters. The number of nitrogens with two attached hydrogens (primary N) is 1. The first kappa shape index (κ1) is 11.0. The van der Waals surface area contributed by atoms with Crippen molar-refractivity contribution in [2.75, 3.05) is 12.8 Å². The van der Waals surface area contributed by atoms with Crippen LogP contribution in [0, 0.1) is 17.1 Å². The number of benzene rings is 1. The van der Waals surface area contributed by atoms with Crippen LogP contribution in [0.2, 0.25) is 0 Å². The molecule has 1 aromatic carbocycles. The van der Waals surface area contributed by atoms with Gasteiger partial charge in [-0.05, 0) is 12.1 Å². The van der Waals surface area contributed by atoms with E-state index in [1.165, 1.54) is 13.2 Å². The smallest absolute Gasteiger partial charge is 0.310 e. The highest BCUT2D eigenvalue weighted by Gasteiger charge is 2.11. The van der Waals surface area contributed by atoms with Crippen molar-refractivity contribution < 1.29 is 13.9 Å². The second-order valence-electron chi connectivity index (χ2n) is 2.90. The van der Waals surface area contributed by atoms with Gasteiger partial charge in [-0.15, -0.1) is 0 Å². The fourth-order valence-electron chi connectivity index (χ4n) is 1.09. The molecule has 0 bridgehead atoms. The summed E-state index contributed by atoms with van der Waals surface area (Å²) in [5.74, 6) is -1.18. The number of nitrogens with zero attached hydrogens (tertiary/aromatic N) is 1. The van der Waals surface area contributed by atoms with E-state index in [2.05, 4.69) is 4.74 Å². The summed E-state index contributed by atoms with van der Waals surface area (Å²) in [5.41, 5.74) is 5.70. The van der Waals surface area contributed by atoms with Crippen LogP contribution < -0.4 is 5.73 Å². The fraction of sp³-hybridized carbons (Fsp3) is 0.200. The molecule has 0 aliphatic heterocycles. The van der Waals surface area contributed by atoms with Crippen LogP contribution in [0.1, 0.15) is 11.1 Å². The van der Waals surface area contributed by atoms with Gasteiger partial charge in [0, 0.05) is 5.56 Å². The summed E-state index contributed by atoms with van der Waals surface area (Å²) < 4.78 is 17.7. The van der Waals surface area contributed by atoms with Crippen LogP contribution >= 0.6 is 0 Å². The second-order valence-corrected chi connectivity index (χ2v) is 2.90. The van der Waals surface area contributed by atoms with Gasteiger partial charge in [0.2, 0.25) is 0 Å². The van der Waals surface area contributed by atoms with Gasteiger partial charge in [0.15, 0.2) is 0 Å². The van der Waals surface area contributed by atoms with Crippen molar-refractivity contribution >= 4 is 11.7 Å². The Hall–Kier alpha value is -2.09. The Morgan fingerprint density at radius 1 is 1.67 bits per heavy atom. The molecule has 4 nitrogen and oxygen atoms in total. The summed E-state index contributed by atoms with van der Waals surface area (Å²) in [7, 11) is 1.21. The van der Waals surface area contributed by atoms with E-state index in [0.717, 1.165) is 6.07 Å². The summed E-state index contributed by atoms with van der Waals surface area (Å²) in [4.78, 5) is 10.9. The predicted molar refractivity (Wildman–Crippen MR) is 51.2 cm³/mol. The Bertz CT molecular complexity index is 438. The average Bonchev–Trinajstić information content (AvgIpc) is 2.21. The number of rotatable bonds is 2. The molecule has 0 aliphatic carbocycles. The van der Waals surface area contributed by atoms with Gasteiger partial charge in [0.1, 0.15) is 11.9 Å². The highest BCUT2D eigenvalue weighted by Crippen LogP contribution is 2.17. The summed E-state index contributed by atoms with van der Waals surface area (Å²) in [6.07, 6.45) is -0.211. The summed E-state index contributed by atoms with van der Waals surface area (Å²) in [6.45, 7) is 0. The molecule has 0 unspecified atom stereocenters. The van der Waals surface area contributed by atoms with Crippen LogP contribution in [0.25, 0.3) is 0 Å². The number of anilines is 1. The first-order chi connectivity index (χ1) is 7.08. The first-order valence-electron chi connectivity index (χ1n) is 4.13. The maximum atomic E-state index is 13.3. The minimum atomic E-state index is -0.614. The lowest BCUT2D eigenvalue weighted by Crippen LogP contribution is -2.07. The summed E-state index contributed by atoms with van der Waals surface area (Å²) in [5, 5.41) is 8.66. The molecule has 0 fully saturated rings. The van der Waals surface area contributed by atoms with Crippen LogP contribution in [0.4, 0.5) is 10.1 Å². The minimum Gasteiger partial charge on any atom is -0.469 e. The maximum absolute atomic E-state index is 13.3. The molecule has 2 N–H and O–H groups in total. The van der Waals surface area contributed by atoms with Crippen LogP contribution in [0.3, 0.4) is 0 Å². The normalized spacial score (nSPS) is 9.40. The van der Waals surface area contributed by atoms with Gasteiger partial charge in [-0.2, -0.15) is 5.26 Å². The van der Waals surface area contributed by atoms with Crippen molar-refractivity contribution in [1.29, 1.82) is 5.26 Å². The third-order valence-corrected chi connectivity index (χ3v) is 1.90. The van der Waals surface area contributed by atoms with Gasteiger partial charge < -0.3 is 10.5 Å². The molecule has 0 heterocycles. The zero-order valence-electron chi connectivity index (χ0n) is 8.08. The molecular weight excluding hydrogens is 199 g/mol. The van der Waals surface area contributed by atoms with E-state index in [-0.39, 0.29) is 23.2 Å². The number of nitrogen functional groups attached to an aromatic ring is 1. The van der Waals surface area contributed by atoms with E-state index in [4.69, 9.17) is 11.0 Å². The Labute approximate surface area is 86.1 Å². The maximum Gasteiger partial charge on any atom is 0.310 e. The number of esters is 1. The van der Waals surface area contributed by atoms with Crippen LogP contribution in [-0.2, 0) is 16.0 Å². The average molecular weight is 208 g/mol. The quantitative estimate of drug-likeness (QED) is 0.581. The van der Waals surface area contributed by atoms with Crippen molar-refractivity contribution in [3.8, 4) is 6.07 Å². The monoisotopic (exact) mass is 208 g/mol. The van der Waals surface area contributed by atoms with Crippen molar-refractivity contribution in [2.24, 2.45) is 0 Å². The molecule has 0 spiro atoms. The summed E-state index contributed by atoms with van der Waals surface area (Å²) in [6, 6.07) is 4.09. The Balaban J connectivity index is 3.09. The molecule has 0 saturated heterocycles. The highest BCUT2D eigenvalue weighted by molar-refractivity contribution is 5.73. The molecule has 0 radical (unpaired) electrons. The van der Waals surface area contributed by atoms with Gasteiger partial charge in [0.25, 0.3) is 0 Å². The molecular formula is C10H9FN2O2. The number of hydrogen-bond acceptors (Lipinski definition) is 4. The number of methoxy groups -OCH3 is 1. The molecule has 1 aromatic rings. The van der Waals surface area contributed by atoms with E-state index in [9.17, 15) is 9.18 Å². The highest BCUT2D eigenvalue weighted by atomic mass is 19.1. The van der Waals surface area contributed by atoms with Crippen LogP contribution in [0.15, 0.2) is 12.1 Å².